The van der Waals surface area contributed by atoms with E-state index in [1.807, 2.05) is 84.9 Å². The van der Waals surface area contributed by atoms with Gasteiger partial charge >= 0.3 is 0 Å². The van der Waals surface area contributed by atoms with Gasteiger partial charge in [0, 0.05) is 32.4 Å². The smallest absolute Gasteiger partial charge is 0.247 e. The topological polar surface area (TPSA) is 74.8 Å². The van der Waals surface area contributed by atoms with Gasteiger partial charge in [-0.2, -0.15) is 0 Å². The molecule has 0 N–H and O–H groups in total. The molecule has 0 unspecified atom stereocenters. The van der Waals surface area contributed by atoms with Crippen molar-refractivity contribution in [2.75, 3.05) is 9.80 Å². The summed E-state index contributed by atoms with van der Waals surface area (Å²) in [5.74, 6) is -0.796. The zero-order chi connectivity index (χ0) is 28.3. The Morgan fingerprint density at radius 2 is 0.829 bits per heavy atom. The van der Waals surface area contributed by atoms with Gasteiger partial charge in [0.05, 0.1) is 21.9 Å². The third kappa shape index (κ3) is 5.98. The Morgan fingerprint density at radius 3 is 1.20 bits per heavy atom. The lowest BCUT2D eigenvalue weighted by molar-refractivity contribution is -0.122. The molecule has 0 radical (unpaired) electrons. The van der Waals surface area contributed by atoms with Gasteiger partial charge in [-0.3, -0.25) is 19.2 Å². The van der Waals surface area contributed by atoms with Crippen molar-refractivity contribution in [2.45, 2.75) is 42.9 Å². The molecule has 6 nitrogen and oxygen atoms in total. The van der Waals surface area contributed by atoms with Crippen LogP contribution in [0.2, 0.25) is 0 Å². The van der Waals surface area contributed by atoms with Crippen LogP contribution in [0.15, 0.2) is 129 Å². The summed E-state index contributed by atoms with van der Waals surface area (Å²) in [6.07, 6.45) is 0.351. The molecule has 0 bridgehead atoms. The Bertz CT molecular complexity index is 1480. The minimum atomic E-state index is -0.431. The lowest BCUT2D eigenvalue weighted by Gasteiger charge is -2.16. The monoisotopic (exact) mass is 596 g/mol. The lowest BCUT2D eigenvalue weighted by atomic mass is 10.3. The van der Waals surface area contributed by atoms with E-state index in [1.165, 1.54) is 45.1 Å². The molecule has 4 aromatic rings. The average Bonchev–Trinajstić information content (AvgIpc) is 3.43. The first-order valence-electron chi connectivity index (χ1n) is 13.0. The predicted octanol–water partition coefficient (Wildman–Crippen LogP) is 6.69. The summed E-state index contributed by atoms with van der Waals surface area (Å²) >= 11 is 4.34. The average molecular weight is 597 g/mol. The molecule has 4 aromatic carbocycles. The number of hydrogen-bond acceptors (Lipinski definition) is 7. The van der Waals surface area contributed by atoms with E-state index in [2.05, 4.69) is 0 Å². The number of hydrogen-bond donors (Lipinski definition) is 0. The number of anilines is 2. The Hall–Kier alpha value is -3.79. The van der Waals surface area contributed by atoms with E-state index in [0.29, 0.717) is 11.4 Å². The highest BCUT2D eigenvalue weighted by atomic mass is 32.2. The Balaban J connectivity index is 1.08. The van der Waals surface area contributed by atoms with Crippen LogP contribution in [0, 0.1) is 0 Å². The van der Waals surface area contributed by atoms with Gasteiger partial charge < -0.3 is 0 Å². The highest BCUT2D eigenvalue weighted by Gasteiger charge is 2.41. The third-order valence-electron chi connectivity index (χ3n) is 6.68. The molecule has 2 saturated heterocycles. The van der Waals surface area contributed by atoms with Gasteiger partial charge in [-0.05, 0) is 72.8 Å². The largest absolute Gasteiger partial charge is 0.274 e. The van der Waals surface area contributed by atoms with Crippen LogP contribution < -0.4 is 9.80 Å². The summed E-state index contributed by atoms with van der Waals surface area (Å²) < 4.78 is 0. The fourth-order valence-corrected chi connectivity index (χ4v) is 7.69. The van der Waals surface area contributed by atoms with Gasteiger partial charge in [0.1, 0.15) is 0 Å². The maximum absolute atomic E-state index is 13.0. The molecule has 9 heteroatoms. The molecule has 2 aliphatic heterocycles. The van der Waals surface area contributed by atoms with Gasteiger partial charge in [0.15, 0.2) is 0 Å². The fourth-order valence-electron chi connectivity index (χ4n) is 4.72. The van der Waals surface area contributed by atoms with Crippen LogP contribution in [0.5, 0.6) is 0 Å². The first-order valence-corrected chi connectivity index (χ1v) is 15.6. The summed E-state index contributed by atoms with van der Waals surface area (Å²) in [6, 6.07) is 33.9. The van der Waals surface area contributed by atoms with Crippen LogP contribution >= 0.6 is 35.3 Å². The Morgan fingerprint density at radius 1 is 0.463 bits per heavy atom. The number of rotatable bonds is 8. The SMILES string of the molecule is O=C1C[C@H](Sc2ccccc2)C(=O)N1c1ccc(Sc2ccc(N3C(=O)C[C@H](Sc4ccccc4)C3=O)cc2)cc1. The third-order valence-corrected chi connectivity index (χ3v) is 10.1. The van der Waals surface area contributed by atoms with Crippen molar-refractivity contribution in [1.82, 2.24) is 0 Å². The summed E-state index contributed by atoms with van der Waals surface area (Å²) in [6.45, 7) is 0. The van der Waals surface area contributed by atoms with Crippen molar-refractivity contribution in [3.8, 4) is 0 Å². The second-order valence-electron chi connectivity index (χ2n) is 9.47. The number of thioether (sulfide) groups is 2. The molecule has 0 aromatic heterocycles. The molecule has 41 heavy (non-hydrogen) atoms. The van der Waals surface area contributed by atoms with E-state index >= 15 is 0 Å². The van der Waals surface area contributed by atoms with E-state index < -0.39 is 10.5 Å². The fraction of sp³-hybridized carbons (Fsp3) is 0.125. The number of amides is 4. The Labute approximate surface area is 250 Å². The maximum atomic E-state index is 13.0. The van der Waals surface area contributed by atoms with Crippen molar-refractivity contribution >= 4 is 70.3 Å². The zero-order valence-electron chi connectivity index (χ0n) is 21.7. The first-order chi connectivity index (χ1) is 20.0. The highest BCUT2D eigenvalue weighted by Crippen LogP contribution is 2.37. The van der Waals surface area contributed by atoms with E-state index in [-0.39, 0.29) is 36.5 Å². The van der Waals surface area contributed by atoms with E-state index in [4.69, 9.17) is 0 Å². The minimum Gasteiger partial charge on any atom is -0.274 e. The van der Waals surface area contributed by atoms with Gasteiger partial charge in [0.25, 0.3) is 0 Å². The molecule has 2 atom stereocenters. The summed E-state index contributed by atoms with van der Waals surface area (Å²) in [5.41, 5.74) is 1.12. The molecular weight excluding hydrogens is 573 g/mol. The van der Waals surface area contributed by atoms with Crippen LogP contribution in [0.25, 0.3) is 0 Å². The van der Waals surface area contributed by atoms with Crippen LogP contribution in [-0.4, -0.2) is 34.1 Å². The van der Waals surface area contributed by atoms with Crippen molar-refractivity contribution in [1.29, 1.82) is 0 Å². The second-order valence-corrected chi connectivity index (χ2v) is 13.2. The number of carbonyl (C=O) groups excluding carboxylic acids is 4. The molecule has 0 saturated carbocycles. The summed E-state index contributed by atoms with van der Waals surface area (Å²) in [4.78, 5) is 57.8. The number of benzene rings is 4. The maximum Gasteiger partial charge on any atom is 0.247 e. The van der Waals surface area contributed by atoms with Gasteiger partial charge in [0.2, 0.25) is 23.6 Å². The minimum absolute atomic E-state index is 0.176. The molecule has 4 amide bonds. The van der Waals surface area contributed by atoms with Crippen LogP contribution in [0.4, 0.5) is 11.4 Å². The molecule has 0 spiro atoms. The van der Waals surface area contributed by atoms with Crippen molar-refractivity contribution in [2.24, 2.45) is 0 Å². The van der Waals surface area contributed by atoms with Crippen molar-refractivity contribution < 1.29 is 19.2 Å². The molecule has 6 rings (SSSR count). The summed E-state index contributed by atoms with van der Waals surface area (Å²) in [5, 5.41) is -0.863. The molecule has 2 fully saturated rings. The molecule has 0 aliphatic carbocycles. The predicted molar refractivity (Wildman–Crippen MR) is 163 cm³/mol. The van der Waals surface area contributed by atoms with E-state index in [1.54, 1.807) is 24.3 Å². The van der Waals surface area contributed by atoms with Crippen molar-refractivity contribution in [3.05, 3.63) is 109 Å². The normalized spacial score (nSPS) is 18.9. The Kier molecular flexibility index (Phi) is 8.00. The molecule has 2 heterocycles. The van der Waals surface area contributed by atoms with Gasteiger partial charge in [-0.15, -0.1) is 23.5 Å². The molecule has 2 aliphatic rings. The second kappa shape index (κ2) is 12.0. The highest BCUT2D eigenvalue weighted by molar-refractivity contribution is 8.01. The quantitative estimate of drug-likeness (QED) is 0.210. The molecular formula is C32H24N2O4S3. The standard InChI is InChI=1S/C32H24N2O4S3/c35-29-19-27(40-23-7-3-1-4-8-23)31(37)33(29)21-11-15-25(16-12-21)39-26-17-13-22(14-18-26)34-30(36)20-28(32(34)38)41-24-9-5-2-6-10-24/h1-18,27-28H,19-20H2/t27-,28-/m0/s1. The lowest BCUT2D eigenvalue weighted by Crippen LogP contribution is -2.31. The van der Waals surface area contributed by atoms with Gasteiger partial charge in [-0.1, -0.05) is 48.2 Å². The first kappa shape index (κ1) is 27.4. The number of nitrogens with zero attached hydrogens (tertiary/aromatic N) is 2. The van der Waals surface area contributed by atoms with Crippen molar-refractivity contribution in [3.63, 3.8) is 0 Å². The zero-order valence-corrected chi connectivity index (χ0v) is 24.2. The molecule has 204 valence electrons. The van der Waals surface area contributed by atoms with Crippen LogP contribution in [0.3, 0.4) is 0 Å². The number of carbonyl (C=O) groups is 4. The van der Waals surface area contributed by atoms with E-state index in [9.17, 15) is 19.2 Å². The van der Waals surface area contributed by atoms with Gasteiger partial charge in [-0.25, -0.2) is 9.80 Å². The van der Waals surface area contributed by atoms with E-state index in [0.717, 1.165) is 19.6 Å². The summed E-state index contributed by atoms with van der Waals surface area (Å²) in [7, 11) is 0. The number of imide groups is 2. The van der Waals surface area contributed by atoms with Crippen LogP contribution in [-0.2, 0) is 19.2 Å². The van der Waals surface area contributed by atoms with Crippen LogP contribution in [0.1, 0.15) is 12.8 Å².